The molecule has 0 aliphatic carbocycles. The Labute approximate surface area is 111 Å². The van der Waals surface area contributed by atoms with Crippen LogP contribution in [0.25, 0.3) is 10.9 Å². The Morgan fingerprint density at radius 1 is 1.21 bits per heavy atom. The molecule has 19 heavy (non-hydrogen) atoms. The maximum absolute atomic E-state index is 11.5. The Morgan fingerprint density at radius 3 is 2.74 bits per heavy atom. The van der Waals surface area contributed by atoms with E-state index in [1.165, 1.54) is 0 Å². The minimum absolute atomic E-state index is 0.0180. The molecule has 3 rings (SSSR count). The summed E-state index contributed by atoms with van der Waals surface area (Å²) in [5.41, 5.74) is 6.55. The number of nitrogens with two attached hydrogens (primary N) is 1. The zero-order chi connectivity index (χ0) is 13.5. The SMILES string of the molecule is NC1CS(=O)(=O)CC1Oc1cccc2cccnc12. The van der Waals surface area contributed by atoms with Gasteiger partial charge in [0.1, 0.15) is 17.4 Å². The summed E-state index contributed by atoms with van der Waals surface area (Å²) in [6.07, 6.45) is 1.18. The van der Waals surface area contributed by atoms with Gasteiger partial charge < -0.3 is 10.5 Å². The zero-order valence-electron chi connectivity index (χ0n) is 10.2. The van der Waals surface area contributed by atoms with Crippen LogP contribution in [0.2, 0.25) is 0 Å². The van der Waals surface area contributed by atoms with Gasteiger partial charge in [0.2, 0.25) is 0 Å². The van der Waals surface area contributed by atoms with Crippen LogP contribution in [-0.2, 0) is 9.84 Å². The van der Waals surface area contributed by atoms with Crippen molar-refractivity contribution in [1.29, 1.82) is 0 Å². The normalized spacial score (nSPS) is 25.5. The highest BCUT2D eigenvalue weighted by atomic mass is 32.2. The van der Waals surface area contributed by atoms with E-state index in [0.717, 1.165) is 10.9 Å². The molecule has 1 aliphatic rings. The highest BCUT2D eigenvalue weighted by Crippen LogP contribution is 2.26. The predicted molar refractivity (Wildman–Crippen MR) is 72.8 cm³/mol. The zero-order valence-corrected chi connectivity index (χ0v) is 11.0. The number of aromatic nitrogens is 1. The van der Waals surface area contributed by atoms with Gasteiger partial charge in [0.15, 0.2) is 9.84 Å². The summed E-state index contributed by atoms with van der Waals surface area (Å²) in [7, 11) is -3.09. The highest BCUT2D eigenvalue weighted by molar-refractivity contribution is 7.91. The van der Waals surface area contributed by atoms with Gasteiger partial charge in [-0.05, 0) is 12.1 Å². The van der Waals surface area contributed by atoms with Crippen molar-refractivity contribution in [3.05, 3.63) is 36.5 Å². The second-order valence-corrected chi connectivity index (χ2v) is 6.88. The molecule has 1 aromatic heterocycles. The maximum atomic E-state index is 11.5. The molecular formula is C13H14N2O3S. The van der Waals surface area contributed by atoms with E-state index < -0.39 is 22.0 Å². The van der Waals surface area contributed by atoms with Gasteiger partial charge in [0.05, 0.1) is 17.5 Å². The number of rotatable bonds is 2. The van der Waals surface area contributed by atoms with Crippen LogP contribution in [0, 0.1) is 0 Å². The number of pyridine rings is 1. The van der Waals surface area contributed by atoms with Crippen molar-refractivity contribution in [3.8, 4) is 5.75 Å². The number of hydrogen-bond donors (Lipinski definition) is 1. The Balaban J connectivity index is 1.94. The van der Waals surface area contributed by atoms with E-state index in [2.05, 4.69) is 4.98 Å². The van der Waals surface area contributed by atoms with Crippen LogP contribution < -0.4 is 10.5 Å². The third-order valence-corrected chi connectivity index (χ3v) is 4.95. The van der Waals surface area contributed by atoms with Crippen LogP contribution in [0.3, 0.4) is 0 Å². The molecule has 2 atom stereocenters. The largest absolute Gasteiger partial charge is 0.485 e. The van der Waals surface area contributed by atoms with Crippen LogP contribution in [0.4, 0.5) is 0 Å². The molecule has 0 radical (unpaired) electrons. The first kappa shape index (κ1) is 12.4. The molecular weight excluding hydrogens is 264 g/mol. The van der Waals surface area contributed by atoms with E-state index in [1.807, 2.05) is 24.3 Å². The molecule has 0 amide bonds. The third-order valence-electron chi connectivity index (χ3n) is 3.22. The molecule has 1 fully saturated rings. The topological polar surface area (TPSA) is 82.3 Å². The summed E-state index contributed by atoms with van der Waals surface area (Å²) in [4.78, 5) is 4.27. The van der Waals surface area contributed by atoms with Crippen LogP contribution in [0.15, 0.2) is 36.5 Å². The molecule has 1 aliphatic heterocycles. The number of para-hydroxylation sites is 1. The Kier molecular flexibility index (Phi) is 2.91. The van der Waals surface area contributed by atoms with Crippen LogP contribution in [-0.4, -0.2) is 37.1 Å². The lowest BCUT2D eigenvalue weighted by atomic mass is 10.2. The summed E-state index contributed by atoms with van der Waals surface area (Å²) < 4.78 is 28.8. The summed E-state index contributed by atoms with van der Waals surface area (Å²) in [5, 5.41) is 0.953. The molecule has 0 bridgehead atoms. The molecule has 2 N–H and O–H groups in total. The second kappa shape index (κ2) is 4.47. The first-order valence-corrected chi connectivity index (χ1v) is 7.84. The fourth-order valence-electron chi connectivity index (χ4n) is 2.30. The predicted octanol–water partition coefficient (Wildman–Crippen LogP) is 0.738. The molecule has 2 heterocycles. The molecule has 1 saturated heterocycles. The molecule has 6 heteroatoms. The van der Waals surface area contributed by atoms with Gasteiger partial charge >= 0.3 is 0 Å². The number of fused-ring (bicyclic) bond motifs is 1. The number of nitrogens with zero attached hydrogens (tertiary/aromatic N) is 1. The third kappa shape index (κ3) is 2.41. The maximum Gasteiger partial charge on any atom is 0.155 e. The Hall–Kier alpha value is -1.66. The average molecular weight is 278 g/mol. The molecule has 100 valence electrons. The lowest BCUT2D eigenvalue weighted by Crippen LogP contribution is -2.37. The highest BCUT2D eigenvalue weighted by Gasteiger charge is 2.37. The van der Waals surface area contributed by atoms with Crippen LogP contribution >= 0.6 is 0 Å². The summed E-state index contributed by atoms with van der Waals surface area (Å²) >= 11 is 0. The number of benzene rings is 1. The van der Waals surface area contributed by atoms with Gasteiger partial charge in [0, 0.05) is 11.6 Å². The van der Waals surface area contributed by atoms with Crippen molar-refractivity contribution >= 4 is 20.7 Å². The first-order valence-electron chi connectivity index (χ1n) is 6.01. The standard InChI is InChI=1S/C13H14N2O3S/c14-10-7-19(16,17)8-12(10)18-11-5-1-3-9-4-2-6-15-13(9)11/h1-6,10,12H,7-8,14H2. The lowest BCUT2D eigenvalue weighted by molar-refractivity contribution is 0.211. The summed E-state index contributed by atoms with van der Waals surface area (Å²) in [5.74, 6) is 0.531. The van der Waals surface area contributed by atoms with Gasteiger partial charge in [-0.25, -0.2) is 8.42 Å². The fourth-order valence-corrected chi connectivity index (χ4v) is 4.05. The molecule has 0 saturated carbocycles. The Bertz CT molecular complexity index is 709. The second-order valence-electron chi connectivity index (χ2n) is 4.73. The van der Waals surface area contributed by atoms with Gasteiger partial charge in [-0.3, -0.25) is 4.98 Å². The van der Waals surface area contributed by atoms with E-state index in [1.54, 1.807) is 12.3 Å². The van der Waals surface area contributed by atoms with E-state index in [-0.39, 0.29) is 11.5 Å². The lowest BCUT2D eigenvalue weighted by Gasteiger charge is -2.17. The molecule has 2 aromatic rings. The molecule has 2 unspecified atom stereocenters. The van der Waals surface area contributed by atoms with Crippen LogP contribution in [0.1, 0.15) is 0 Å². The van der Waals surface area contributed by atoms with Crippen molar-refractivity contribution in [2.24, 2.45) is 5.73 Å². The van der Waals surface area contributed by atoms with Crippen molar-refractivity contribution in [1.82, 2.24) is 4.98 Å². The first-order chi connectivity index (χ1) is 9.05. The number of hydrogen-bond acceptors (Lipinski definition) is 5. The van der Waals surface area contributed by atoms with Gasteiger partial charge in [-0.15, -0.1) is 0 Å². The number of sulfone groups is 1. The van der Waals surface area contributed by atoms with Crippen molar-refractivity contribution in [3.63, 3.8) is 0 Å². The molecule has 5 nitrogen and oxygen atoms in total. The Morgan fingerprint density at radius 2 is 2.00 bits per heavy atom. The number of ether oxygens (including phenoxy) is 1. The summed E-state index contributed by atoms with van der Waals surface area (Å²) in [6, 6.07) is 8.87. The molecule has 0 spiro atoms. The van der Waals surface area contributed by atoms with Crippen LogP contribution in [0.5, 0.6) is 5.75 Å². The summed E-state index contributed by atoms with van der Waals surface area (Å²) in [6.45, 7) is 0. The average Bonchev–Trinajstić information content (AvgIpc) is 2.63. The minimum atomic E-state index is -3.09. The van der Waals surface area contributed by atoms with E-state index in [4.69, 9.17) is 10.5 Å². The van der Waals surface area contributed by atoms with Crippen molar-refractivity contribution in [2.75, 3.05) is 11.5 Å². The van der Waals surface area contributed by atoms with Crippen molar-refractivity contribution in [2.45, 2.75) is 12.1 Å². The van der Waals surface area contributed by atoms with E-state index in [0.29, 0.717) is 5.75 Å². The monoisotopic (exact) mass is 278 g/mol. The van der Waals surface area contributed by atoms with Gasteiger partial charge in [-0.1, -0.05) is 18.2 Å². The van der Waals surface area contributed by atoms with E-state index in [9.17, 15) is 8.42 Å². The smallest absolute Gasteiger partial charge is 0.155 e. The fraction of sp³-hybridized carbons (Fsp3) is 0.308. The van der Waals surface area contributed by atoms with Gasteiger partial charge in [-0.2, -0.15) is 0 Å². The van der Waals surface area contributed by atoms with E-state index >= 15 is 0 Å². The quantitative estimate of drug-likeness (QED) is 0.876. The molecule has 1 aromatic carbocycles. The van der Waals surface area contributed by atoms with Gasteiger partial charge in [0.25, 0.3) is 0 Å². The van der Waals surface area contributed by atoms with Crippen molar-refractivity contribution < 1.29 is 13.2 Å². The minimum Gasteiger partial charge on any atom is -0.485 e.